The fraction of sp³-hybridized carbons (Fsp3) is 0.377. The van der Waals surface area contributed by atoms with Crippen LogP contribution in [0.3, 0.4) is 0 Å². The number of aromatic nitrogens is 10. The predicted molar refractivity (Wildman–Crippen MR) is 407 cm³/mol. The number of hydrogen-bond donors (Lipinski definition) is 4. The second-order valence-corrected chi connectivity index (χ2v) is 29.0. The summed E-state index contributed by atoms with van der Waals surface area (Å²) in [7, 11) is -1.48. The Kier molecular flexibility index (Phi) is 24.0. The number of likely N-dealkylation sites (tertiary alicyclic amines) is 2. The minimum Gasteiger partial charge on any atom is -0.444 e. The molecule has 11 heterocycles. The molecule has 11 aromatic rings. The third kappa shape index (κ3) is 17.3. The lowest BCUT2D eigenvalue weighted by Gasteiger charge is -2.29. The number of nitrogens with two attached hydrogens (primary N) is 2. The molecular weight excluding hydrogens is 1390 g/mol. The minimum atomic E-state index is -1.48. The zero-order valence-electron chi connectivity index (χ0n) is 62.1. The molecule has 3 aromatic carbocycles. The van der Waals surface area contributed by atoms with Crippen molar-refractivity contribution in [3.05, 3.63) is 175 Å². The summed E-state index contributed by atoms with van der Waals surface area (Å²) >= 11 is 11.9. The maximum Gasteiger partial charge on any atom is 0.494 e. The molecule has 6 N–H and O–H groups in total. The van der Waals surface area contributed by atoms with Gasteiger partial charge < -0.3 is 59.3 Å². The van der Waals surface area contributed by atoms with Gasteiger partial charge in [0.1, 0.15) is 81.2 Å². The highest BCUT2D eigenvalue weighted by atomic mass is 35.5. The molecule has 106 heavy (non-hydrogen) atoms. The van der Waals surface area contributed by atoms with Gasteiger partial charge in [-0.15, -0.1) is 0 Å². The van der Waals surface area contributed by atoms with Crippen molar-refractivity contribution in [2.24, 2.45) is 0 Å². The molecule has 29 heteroatoms. The number of nitriles is 2. The Hall–Kier alpha value is -10.8. The summed E-state index contributed by atoms with van der Waals surface area (Å²) in [5.74, 6) is 2.79. The van der Waals surface area contributed by atoms with E-state index in [1.165, 1.54) is 12.7 Å². The molecule has 3 saturated heterocycles. The first-order valence-electron chi connectivity index (χ1n) is 34.7. The highest BCUT2D eigenvalue weighted by Gasteiger charge is 2.39. The maximum atomic E-state index is 12.9. The van der Waals surface area contributed by atoms with Crippen molar-refractivity contribution < 1.29 is 42.7 Å². The molecule has 3 aliphatic rings. The number of nitrogens with zero attached hydrogens (tertiary/aromatic N) is 15. The normalized spacial score (nSPS) is 15.5. The smallest absolute Gasteiger partial charge is 0.444 e. The van der Waals surface area contributed by atoms with E-state index in [-0.39, 0.29) is 52.7 Å². The SMILES string of the molecule is Cc1cccc2cc(C3CCCN3C(=O)OC(C)(C)C)c(Cl)nc12.Cc1noc(C)c1-c1nc2c(C)cccc2cc1C1CCCN1C(=O)OC(C)(C)C.Cc1noc(C)c1-c1nc2c(C)cccc2cc1C1CCCN1c1ncnc(N)c1C#N.Cc1noc(C)c1B(O)O.N#Cc1c(N)ncnc1Cl. The average Bonchev–Trinajstić information content (AvgIpc) is 1.44. The Labute approximate surface area is 625 Å². The monoisotopic (exact) mass is 1470 g/mol. The fourth-order valence-electron chi connectivity index (χ4n) is 13.5. The van der Waals surface area contributed by atoms with Crippen molar-refractivity contribution in [2.45, 2.75) is 172 Å². The summed E-state index contributed by atoms with van der Waals surface area (Å²) < 4.78 is 26.9. The van der Waals surface area contributed by atoms with Gasteiger partial charge in [0.2, 0.25) is 0 Å². The quantitative estimate of drug-likeness (QED) is 0.0654. The van der Waals surface area contributed by atoms with E-state index in [2.05, 4.69) is 112 Å². The Bertz CT molecular complexity index is 5090. The lowest BCUT2D eigenvalue weighted by Crippen LogP contribution is -2.36. The molecule has 0 spiro atoms. The van der Waals surface area contributed by atoms with E-state index >= 15 is 0 Å². The van der Waals surface area contributed by atoms with Crippen molar-refractivity contribution in [1.29, 1.82) is 10.5 Å². The number of carbonyl (C=O) groups excluding carboxylic acids is 2. The Balaban J connectivity index is 0.000000151. The number of rotatable bonds is 7. The molecule has 0 radical (unpaired) electrons. The highest BCUT2D eigenvalue weighted by molar-refractivity contribution is 6.59. The zero-order chi connectivity index (χ0) is 76.8. The van der Waals surface area contributed by atoms with Crippen LogP contribution in [-0.2, 0) is 9.47 Å². The molecule has 0 bridgehead atoms. The molecular formula is C77H86BCl2N17O9. The van der Waals surface area contributed by atoms with E-state index in [0.717, 1.165) is 157 Å². The number of para-hydroxylation sites is 3. The van der Waals surface area contributed by atoms with Crippen LogP contribution in [-0.4, -0.2) is 120 Å². The van der Waals surface area contributed by atoms with Gasteiger partial charge in [0.15, 0.2) is 11.0 Å². The van der Waals surface area contributed by atoms with E-state index in [1.54, 1.807) is 24.8 Å². The lowest BCUT2D eigenvalue weighted by atomic mass is 9.79. The summed E-state index contributed by atoms with van der Waals surface area (Å²) in [5, 5.41) is 51.2. The number of halogens is 2. The van der Waals surface area contributed by atoms with Gasteiger partial charge in [0.25, 0.3) is 0 Å². The number of hydrogen-bond acceptors (Lipinski definition) is 24. The molecule has 26 nitrogen and oxygen atoms in total. The molecule has 8 aromatic heterocycles. The van der Waals surface area contributed by atoms with Gasteiger partial charge in [-0.3, -0.25) is 0 Å². The number of amides is 2. The van der Waals surface area contributed by atoms with Crippen LogP contribution in [0, 0.1) is 85.0 Å². The molecule has 3 aliphatic heterocycles. The van der Waals surface area contributed by atoms with Crippen molar-refractivity contribution in [1.82, 2.24) is 60.2 Å². The number of anilines is 3. The molecule has 3 fully saturated rings. The Morgan fingerprint density at radius 1 is 0.538 bits per heavy atom. The number of aryl methyl sites for hydroxylation is 9. The maximum absolute atomic E-state index is 12.9. The van der Waals surface area contributed by atoms with E-state index < -0.39 is 18.3 Å². The highest BCUT2D eigenvalue weighted by Crippen LogP contribution is 2.45. The number of carbonyl (C=O) groups is 2. The first-order chi connectivity index (χ1) is 50.3. The van der Waals surface area contributed by atoms with Gasteiger partial charge in [-0.2, -0.15) is 10.5 Å². The van der Waals surface area contributed by atoms with Crippen molar-refractivity contribution in [3.8, 4) is 34.7 Å². The van der Waals surface area contributed by atoms with Gasteiger partial charge in [-0.25, -0.2) is 44.5 Å². The molecule has 3 atom stereocenters. The van der Waals surface area contributed by atoms with E-state index in [1.807, 2.05) is 111 Å². The lowest BCUT2D eigenvalue weighted by molar-refractivity contribution is 0.0214. The van der Waals surface area contributed by atoms with Gasteiger partial charge in [-0.1, -0.05) is 93.3 Å². The Morgan fingerprint density at radius 3 is 1.35 bits per heavy atom. The summed E-state index contributed by atoms with van der Waals surface area (Å²) in [6, 6.07) is 28.6. The summed E-state index contributed by atoms with van der Waals surface area (Å²) in [6.07, 6.45) is 7.53. The molecule has 3 unspecified atom stereocenters. The van der Waals surface area contributed by atoms with Crippen LogP contribution in [0.5, 0.6) is 0 Å². The molecule has 14 rings (SSSR count). The second-order valence-electron chi connectivity index (χ2n) is 28.3. The van der Waals surface area contributed by atoms with Crippen LogP contribution in [0.25, 0.3) is 55.2 Å². The van der Waals surface area contributed by atoms with E-state index in [0.29, 0.717) is 46.5 Å². The van der Waals surface area contributed by atoms with Gasteiger partial charge in [0, 0.05) is 57.9 Å². The molecule has 2 amide bonds. The van der Waals surface area contributed by atoms with Gasteiger partial charge in [-0.05, 0) is 177 Å². The zero-order valence-corrected chi connectivity index (χ0v) is 63.6. The minimum absolute atomic E-state index is 0.0162. The number of pyridine rings is 3. The molecule has 0 saturated carbocycles. The number of benzene rings is 3. The topological polar surface area (TPSA) is 371 Å². The first-order valence-corrected chi connectivity index (χ1v) is 35.5. The van der Waals surface area contributed by atoms with Crippen LogP contribution in [0.2, 0.25) is 10.3 Å². The predicted octanol–water partition coefficient (Wildman–Crippen LogP) is 15.1. The van der Waals surface area contributed by atoms with Crippen molar-refractivity contribution >= 4 is 98.1 Å². The van der Waals surface area contributed by atoms with Gasteiger partial charge in [0.05, 0.1) is 74.3 Å². The summed E-state index contributed by atoms with van der Waals surface area (Å²) in [4.78, 5) is 61.6. The van der Waals surface area contributed by atoms with E-state index in [4.69, 9.17) is 78.5 Å². The number of nitrogen functional groups attached to an aromatic ring is 2. The van der Waals surface area contributed by atoms with Crippen molar-refractivity contribution in [2.75, 3.05) is 36.0 Å². The number of fused-ring (bicyclic) bond motifs is 3. The van der Waals surface area contributed by atoms with Crippen LogP contribution >= 0.6 is 23.2 Å². The third-order valence-electron chi connectivity index (χ3n) is 18.3. The Morgan fingerprint density at radius 2 is 0.943 bits per heavy atom. The third-order valence-corrected chi connectivity index (χ3v) is 18.9. The van der Waals surface area contributed by atoms with Crippen LogP contribution in [0.4, 0.5) is 27.0 Å². The summed E-state index contributed by atoms with van der Waals surface area (Å²) in [5.41, 5.74) is 25.8. The standard InChI is InChI=1S/C24H23N7O.C24H29N3O3.C19H23ClN2O2.C5H8BNO3.C5H3ClN4/c1-13-6-4-7-16-10-17(22(29-21(13)16)20-14(2)30-32-15(20)3)19-8-5-9-31(19)24-18(11-25)23(26)27-12-28-24;1-14-9-7-10-17-13-18(19-11-8-12-27(19)23(28)29-24(4,5)6)22(25-21(14)17)20-15(2)26-30-16(20)3;1-12-7-5-8-13-11-14(17(20)21-16(12)13)15-9-6-10-22(15)18(23)24-19(2,3)4;1-3-5(6(8)9)4(2)10-7-3;6-4-3(1-7)5(8)10-2-9-4/h4,6-7,10,12,19H,5,8-9H2,1-3H3,(H2,26,27,28);7,9-10,13,19H,8,11-12H2,1-6H3;5,7-8,11,15H,6,9-10H2,1-4H3;8-9H,1-2H3;2H,(H2,8,9,10). The van der Waals surface area contributed by atoms with E-state index in [9.17, 15) is 14.9 Å². The van der Waals surface area contributed by atoms with Crippen LogP contribution in [0.15, 0.2) is 99.0 Å². The fourth-order valence-corrected chi connectivity index (χ4v) is 14.0. The van der Waals surface area contributed by atoms with Crippen LogP contribution < -0.4 is 21.8 Å². The van der Waals surface area contributed by atoms with Crippen LogP contribution in [0.1, 0.15) is 177 Å². The van der Waals surface area contributed by atoms with Crippen molar-refractivity contribution in [3.63, 3.8) is 0 Å². The van der Waals surface area contributed by atoms with Gasteiger partial charge >= 0.3 is 19.3 Å². The molecule has 550 valence electrons. The largest absolute Gasteiger partial charge is 0.494 e. The second kappa shape index (κ2) is 32.7. The number of ether oxygens (including phenoxy) is 2. The first kappa shape index (κ1) is 77.8. The molecule has 0 aliphatic carbocycles. The summed E-state index contributed by atoms with van der Waals surface area (Å²) in [6.45, 7) is 30.6. The average molecular weight is 1480 g/mol.